The van der Waals surface area contributed by atoms with Gasteiger partial charge >= 0.3 is 0 Å². The topological polar surface area (TPSA) is 62.7 Å². The van der Waals surface area contributed by atoms with Gasteiger partial charge in [0.2, 0.25) is 0 Å². The molecule has 2 unspecified atom stereocenters. The minimum atomic E-state index is -0.338. The molecule has 0 radical (unpaired) electrons. The molecule has 3 rings (SSSR count). The smallest absolute Gasteiger partial charge is 0.272 e. The first-order chi connectivity index (χ1) is 10.6. The van der Waals surface area contributed by atoms with Crippen molar-refractivity contribution in [2.24, 2.45) is 0 Å². The van der Waals surface area contributed by atoms with E-state index >= 15 is 0 Å². The first kappa shape index (κ1) is 15.2. The maximum atomic E-state index is 12.7. The Morgan fingerprint density at radius 2 is 2.23 bits per heavy atom. The van der Waals surface area contributed by atoms with Crippen molar-refractivity contribution in [1.82, 2.24) is 9.88 Å². The van der Waals surface area contributed by atoms with Crippen LogP contribution in [0.4, 0.5) is 0 Å². The number of fused-ring (bicyclic) bond motifs is 1. The van der Waals surface area contributed by atoms with Gasteiger partial charge in [0.25, 0.3) is 5.91 Å². The monoisotopic (exact) mass is 320 g/mol. The second-order valence-electron chi connectivity index (χ2n) is 5.48. The van der Waals surface area contributed by atoms with Crippen LogP contribution in [0.5, 0.6) is 0 Å². The second-order valence-corrected chi connectivity index (χ2v) is 5.91. The zero-order valence-electron chi connectivity index (χ0n) is 12.2. The Bertz CT molecular complexity index is 707. The van der Waals surface area contributed by atoms with Crippen molar-refractivity contribution in [2.75, 3.05) is 19.8 Å². The quantitative estimate of drug-likeness (QED) is 0.920. The molecule has 1 aliphatic rings. The van der Waals surface area contributed by atoms with Crippen LogP contribution in [0.1, 0.15) is 17.4 Å². The van der Waals surface area contributed by atoms with Crippen molar-refractivity contribution in [1.29, 1.82) is 0 Å². The number of aliphatic hydroxyl groups excluding tert-OH is 1. The van der Waals surface area contributed by atoms with Crippen LogP contribution in [0.3, 0.4) is 0 Å². The Kier molecular flexibility index (Phi) is 4.29. The zero-order chi connectivity index (χ0) is 15.7. The number of hydrogen-bond donors (Lipinski definition) is 1. The van der Waals surface area contributed by atoms with Gasteiger partial charge in [-0.05, 0) is 25.1 Å². The van der Waals surface area contributed by atoms with Crippen molar-refractivity contribution in [3.05, 3.63) is 41.0 Å². The number of aliphatic hydroxyl groups is 1. The lowest BCUT2D eigenvalue weighted by atomic mass is 10.1. The molecule has 116 valence electrons. The van der Waals surface area contributed by atoms with Gasteiger partial charge in [0.1, 0.15) is 5.69 Å². The molecule has 1 amide bonds. The molecular weight excluding hydrogens is 304 g/mol. The number of carbonyl (C=O) groups excluding carboxylic acids is 1. The van der Waals surface area contributed by atoms with E-state index in [1.54, 1.807) is 23.1 Å². The largest absolute Gasteiger partial charge is 0.394 e. The highest BCUT2D eigenvalue weighted by Crippen LogP contribution is 2.20. The highest BCUT2D eigenvalue weighted by molar-refractivity contribution is 6.31. The maximum Gasteiger partial charge on any atom is 0.272 e. The number of rotatable bonds is 2. The van der Waals surface area contributed by atoms with Gasteiger partial charge in [-0.1, -0.05) is 23.7 Å². The van der Waals surface area contributed by atoms with Crippen LogP contribution < -0.4 is 0 Å². The molecule has 1 aliphatic heterocycles. The number of benzene rings is 1. The zero-order valence-corrected chi connectivity index (χ0v) is 13.0. The van der Waals surface area contributed by atoms with Gasteiger partial charge in [-0.2, -0.15) is 0 Å². The highest BCUT2D eigenvalue weighted by Gasteiger charge is 2.30. The van der Waals surface area contributed by atoms with Crippen molar-refractivity contribution in [3.8, 4) is 0 Å². The van der Waals surface area contributed by atoms with Crippen LogP contribution in [0, 0.1) is 0 Å². The first-order valence-corrected chi connectivity index (χ1v) is 7.56. The number of pyridine rings is 1. The minimum Gasteiger partial charge on any atom is -0.394 e. The van der Waals surface area contributed by atoms with Gasteiger partial charge in [0.15, 0.2) is 0 Å². The fraction of sp³-hybridized carbons (Fsp3) is 0.375. The van der Waals surface area contributed by atoms with Gasteiger partial charge in [-0.25, -0.2) is 4.98 Å². The summed E-state index contributed by atoms with van der Waals surface area (Å²) in [6.45, 7) is 2.60. The summed E-state index contributed by atoms with van der Waals surface area (Å²) >= 11 is 5.98. The summed E-state index contributed by atoms with van der Waals surface area (Å²) < 4.78 is 5.46. The third-order valence-electron chi connectivity index (χ3n) is 3.84. The summed E-state index contributed by atoms with van der Waals surface area (Å²) in [4.78, 5) is 18.8. The van der Waals surface area contributed by atoms with E-state index in [0.29, 0.717) is 29.4 Å². The normalized spacial score (nSPS) is 22.0. The summed E-state index contributed by atoms with van der Waals surface area (Å²) in [6, 6.07) is 8.94. The molecule has 1 saturated heterocycles. The summed E-state index contributed by atoms with van der Waals surface area (Å²) in [7, 11) is 0. The average Bonchev–Trinajstić information content (AvgIpc) is 2.54. The van der Waals surface area contributed by atoms with E-state index in [9.17, 15) is 9.90 Å². The van der Waals surface area contributed by atoms with Crippen LogP contribution in [-0.4, -0.2) is 52.8 Å². The Hall–Kier alpha value is -1.69. The number of amides is 1. The molecule has 0 spiro atoms. The van der Waals surface area contributed by atoms with E-state index in [1.807, 2.05) is 19.1 Å². The number of carbonyl (C=O) groups is 1. The molecule has 1 aromatic heterocycles. The lowest BCUT2D eigenvalue weighted by Crippen LogP contribution is -2.52. The average molecular weight is 321 g/mol. The molecule has 5 nitrogen and oxygen atoms in total. The van der Waals surface area contributed by atoms with Crippen LogP contribution >= 0.6 is 11.6 Å². The molecule has 2 atom stereocenters. The number of halogens is 1. The van der Waals surface area contributed by atoms with Gasteiger partial charge in [-0.15, -0.1) is 0 Å². The molecule has 0 aliphatic carbocycles. The van der Waals surface area contributed by atoms with Crippen LogP contribution in [0.25, 0.3) is 10.9 Å². The summed E-state index contributed by atoms with van der Waals surface area (Å²) in [5, 5.41) is 10.7. The van der Waals surface area contributed by atoms with E-state index < -0.39 is 0 Å². The SMILES string of the molecule is CC1COC(CO)CN1C(=O)c1ccc2ccc(Cl)cc2n1. The van der Waals surface area contributed by atoms with Gasteiger partial charge in [0.05, 0.1) is 30.9 Å². The minimum absolute atomic E-state index is 0.0489. The van der Waals surface area contributed by atoms with E-state index in [1.165, 1.54) is 0 Å². The van der Waals surface area contributed by atoms with Crippen molar-refractivity contribution >= 4 is 28.4 Å². The van der Waals surface area contributed by atoms with Crippen molar-refractivity contribution in [2.45, 2.75) is 19.1 Å². The van der Waals surface area contributed by atoms with E-state index in [4.69, 9.17) is 16.3 Å². The second kappa shape index (κ2) is 6.20. The molecule has 0 bridgehead atoms. The molecule has 22 heavy (non-hydrogen) atoms. The molecule has 1 aromatic carbocycles. The molecule has 6 heteroatoms. The van der Waals surface area contributed by atoms with E-state index in [0.717, 1.165) is 5.39 Å². The van der Waals surface area contributed by atoms with Gasteiger partial charge in [-0.3, -0.25) is 4.79 Å². The number of aromatic nitrogens is 1. The lowest BCUT2D eigenvalue weighted by molar-refractivity contribution is -0.0668. The van der Waals surface area contributed by atoms with Crippen LogP contribution in [0.15, 0.2) is 30.3 Å². The number of morpholine rings is 1. The standard InChI is InChI=1S/C16H17ClN2O3/c1-10-9-22-13(8-20)7-19(10)16(21)14-5-3-11-2-4-12(17)6-15(11)18-14/h2-6,10,13,20H,7-9H2,1H3. The molecule has 2 aromatic rings. The highest BCUT2D eigenvalue weighted by atomic mass is 35.5. The summed E-state index contributed by atoms with van der Waals surface area (Å²) in [5.41, 5.74) is 1.07. The Balaban J connectivity index is 1.90. The Morgan fingerprint density at radius 3 is 3.00 bits per heavy atom. The third-order valence-corrected chi connectivity index (χ3v) is 4.08. The Morgan fingerprint density at radius 1 is 1.45 bits per heavy atom. The summed E-state index contributed by atoms with van der Waals surface area (Å²) in [6.07, 6.45) is -0.338. The van der Waals surface area contributed by atoms with E-state index in [2.05, 4.69) is 4.98 Å². The van der Waals surface area contributed by atoms with Crippen molar-refractivity contribution < 1.29 is 14.6 Å². The fourth-order valence-electron chi connectivity index (χ4n) is 2.57. The molecule has 1 fully saturated rings. The Labute approximate surface area is 133 Å². The number of hydrogen-bond acceptors (Lipinski definition) is 4. The number of nitrogens with zero attached hydrogens (tertiary/aromatic N) is 2. The van der Waals surface area contributed by atoms with Gasteiger partial charge < -0.3 is 14.7 Å². The predicted octanol–water partition coefficient (Wildman–Crippen LogP) is 2.11. The molecule has 1 N–H and O–H groups in total. The maximum absolute atomic E-state index is 12.7. The summed E-state index contributed by atoms with van der Waals surface area (Å²) in [5.74, 6) is -0.156. The van der Waals surface area contributed by atoms with Crippen LogP contribution in [-0.2, 0) is 4.74 Å². The van der Waals surface area contributed by atoms with E-state index in [-0.39, 0.29) is 24.7 Å². The number of ether oxygens (including phenoxy) is 1. The fourth-order valence-corrected chi connectivity index (χ4v) is 2.73. The first-order valence-electron chi connectivity index (χ1n) is 7.18. The predicted molar refractivity (Wildman–Crippen MR) is 84.1 cm³/mol. The van der Waals surface area contributed by atoms with Crippen molar-refractivity contribution in [3.63, 3.8) is 0 Å². The third kappa shape index (κ3) is 2.92. The lowest BCUT2D eigenvalue weighted by Gasteiger charge is -2.37. The van der Waals surface area contributed by atoms with Gasteiger partial charge in [0, 0.05) is 17.0 Å². The molecular formula is C16H17ClN2O3. The molecule has 0 saturated carbocycles. The van der Waals surface area contributed by atoms with Crippen LogP contribution in [0.2, 0.25) is 5.02 Å². The molecule has 2 heterocycles.